The third-order valence-electron chi connectivity index (χ3n) is 1.67. The van der Waals surface area contributed by atoms with Crippen molar-refractivity contribution in [1.29, 1.82) is 0 Å². The summed E-state index contributed by atoms with van der Waals surface area (Å²) in [6, 6.07) is 0. The van der Waals surface area contributed by atoms with E-state index in [2.05, 4.69) is 9.28 Å². The van der Waals surface area contributed by atoms with Crippen LogP contribution in [0.4, 0.5) is 13.2 Å². The average Bonchev–Trinajstić information content (AvgIpc) is 2.60. The van der Waals surface area contributed by atoms with Gasteiger partial charge in [-0.3, -0.25) is 8.86 Å². The number of rotatable bonds is 4. The van der Waals surface area contributed by atoms with E-state index < -0.39 is 22.2 Å². The zero-order chi connectivity index (χ0) is 12.4. The monoisotopic (exact) mass is 258 g/mol. The summed E-state index contributed by atoms with van der Waals surface area (Å²) >= 11 is 0. The zero-order valence-electron chi connectivity index (χ0n) is 8.23. The quantitative estimate of drug-likeness (QED) is 0.602. The van der Waals surface area contributed by atoms with Gasteiger partial charge in [-0.25, -0.2) is 0 Å². The number of aryl methyl sites for hydroxylation is 1. The van der Waals surface area contributed by atoms with Gasteiger partial charge in [0.1, 0.15) is 0 Å². The number of hydrogen-bond acceptors (Lipinski definition) is 4. The van der Waals surface area contributed by atoms with Crippen LogP contribution in [0.15, 0.2) is 12.4 Å². The Balaban J connectivity index is 2.65. The normalized spacial score (nSPS) is 13.0. The van der Waals surface area contributed by atoms with Crippen LogP contribution >= 0.6 is 0 Å². The fourth-order valence-corrected chi connectivity index (χ4v) is 1.29. The van der Waals surface area contributed by atoms with Crippen LogP contribution in [0.25, 0.3) is 0 Å². The largest absolute Gasteiger partial charge is 0.523 e. The lowest BCUT2D eigenvalue weighted by molar-refractivity contribution is -0.0547. The number of halogens is 3. The van der Waals surface area contributed by atoms with Gasteiger partial charge in [-0.1, -0.05) is 0 Å². The standard InChI is InChI=1S/C7H9F3N2O3S/c1-2-12-4-6(3-11-12)5-15-16(13,14)7(8,9)10/h3-4H,2,5H2,1H3. The first-order chi connectivity index (χ1) is 7.26. The Bertz CT molecular complexity index is 452. The summed E-state index contributed by atoms with van der Waals surface area (Å²) in [5, 5.41) is 3.76. The first kappa shape index (κ1) is 13.0. The molecule has 0 bridgehead atoms. The Morgan fingerprint density at radius 3 is 2.56 bits per heavy atom. The molecule has 5 nitrogen and oxygen atoms in total. The molecule has 0 N–H and O–H groups in total. The van der Waals surface area contributed by atoms with Gasteiger partial charge in [-0.15, -0.1) is 0 Å². The van der Waals surface area contributed by atoms with E-state index in [9.17, 15) is 21.6 Å². The molecule has 0 saturated carbocycles. The molecule has 1 rings (SSSR count). The van der Waals surface area contributed by atoms with E-state index in [0.29, 0.717) is 6.54 Å². The third kappa shape index (κ3) is 2.95. The Kier molecular flexibility index (Phi) is 3.58. The highest BCUT2D eigenvalue weighted by atomic mass is 32.2. The van der Waals surface area contributed by atoms with E-state index in [0.717, 1.165) is 0 Å². The maximum Gasteiger partial charge on any atom is 0.523 e. The molecule has 0 unspecified atom stereocenters. The van der Waals surface area contributed by atoms with E-state index >= 15 is 0 Å². The first-order valence-corrected chi connectivity index (χ1v) is 5.64. The van der Waals surface area contributed by atoms with Crippen molar-refractivity contribution in [3.8, 4) is 0 Å². The first-order valence-electron chi connectivity index (χ1n) is 4.23. The predicted octanol–water partition coefficient (Wildman–Crippen LogP) is 1.27. The van der Waals surface area contributed by atoms with Crippen LogP contribution in [0.3, 0.4) is 0 Å². The zero-order valence-corrected chi connectivity index (χ0v) is 9.05. The lowest BCUT2D eigenvalue weighted by atomic mass is 10.4. The van der Waals surface area contributed by atoms with Crippen LogP contribution < -0.4 is 0 Å². The minimum atomic E-state index is -5.53. The van der Waals surface area contributed by atoms with Crippen molar-refractivity contribution in [3.63, 3.8) is 0 Å². The van der Waals surface area contributed by atoms with Gasteiger partial charge in [0.05, 0.1) is 12.8 Å². The van der Waals surface area contributed by atoms with Crippen LogP contribution in [-0.2, 0) is 27.5 Å². The molecule has 0 fully saturated rings. The molecular formula is C7H9F3N2O3S. The van der Waals surface area contributed by atoms with Gasteiger partial charge in [0.25, 0.3) is 0 Å². The second-order valence-corrected chi connectivity index (χ2v) is 4.47. The maximum absolute atomic E-state index is 11.9. The molecule has 1 aromatic rings. The van der Waals surface area contributed by atoms with Crippen molar-refractivity contribution in [3.05, 3.63) is 18.0 Å². The van der Waals surface area contributed by atoms with Gasteiger partial charge in [0, 0.05) is 18.3 Å². The molecule has 0 saturated heterocycles. The average molecular weight is 258 g/mol. The summed E-state index contributed by atoms with van der Waals surface area (Å²) in [6.07, 6.45) is 2.65. The van der Waals surface area contributed by atoms with Gasteiger partial charge >= 0.3 is 15.6 Å². The molecule has 1 aromatic heterocycles. The predicted molar refractivity (Wildman–Crippen MR) is 47.7 cm³/mol. The third-order valence-corrected chi connectivity index (χ3v) is 2.67. The summed E-state index contributed by atoms with van der Waals surface area (Å²) < 4.78 is 62.0. The molecule has 9 heteroatoms. The summed E-state index contributed by atoms with van der Waals surface area (Å²) in [4.78, 5) is 0. The van der Waals surface area contributed by atoms with E-state index in [4.69, 9.17) is 0 Å². The van der Waals surface area contributed by atoms with Crippen molar-refractivity contribution in [1.82, 2.24) is 9.78 Å². The van der Waals surface area contributed by atoms with E-state index in [-0.39, 0.29) is 5.56 Å². The summed E-state index contributed by atoms with van der Waals surface area (Å²) in [7, 11) is -5.53. The number of aromatic nitrogens is 2. The van der Waals surface area contributed by atoms with Crippen LogP contribution in [0.5, 0.6) is 0 Å². The fraction of sp³-hybridized carbons (Fsp3) is 0.571. The van der Waals surface area contributed by atoms with Crippen molar-refractivity contribution >= 4 is 10.1 Å². The Morgan fingerprint density at radius 1 is 1.50 bits per heavy atom. The minimum Gasteiger partial charge on any atom is -0.273 e. The Hall–Kier alpha value is -1.09. The van der Waals surface area contributed by atoms with Crippen molar-refractivity contribution in [2.24, 2.45) is 0 Å². The minimum absolute atomic E-state index is 0.259. The van der Waals surface area contributed by atoms with Crippen LogP contribution in [-0.4, -0.2) is 23.7 Å². The smallest absolute Gasteiger partial charge is 0.273 e. The van der Waals surface area contributed by atoms with E-state index in [1.54, 1.807) is 6.92 Å². The second-order valence-electron chi connectivity index (χ2n) is 2.87. The lowest BCUT2D eigenvalue weighted by Crippen LogP contribution is -2.25. The van der Waals surface area contributed by atoms with Crippen LogP contribution in [0, 0.1) is 0 Å². The van der Waals surface area contributed by atoms with Crippen LogP contribution in [0.1, 0.15) is 12.5 Å². The Labute approximate surface area is 89.9 Å². The molecule has 0 aromatic carbocycles. The van der Waals surface area contributed by atoms with Crippen molar-refractivity contribution in [2.45, 2.75) is 25.6 Å². The molecule has 0 atom stereocenters. The molecule has 0 aliphatic heterocycles. The number of hydrogen-bond donors (Lipinski definition) is 0. The highest BCUT2D eigenvalue weighted by molar-refractivity contribution is 7.87. The van der Waals surface area contributed by atoms with Crippen molar-refractivity contribution in [2.75, 3.05) is 0 Å². The van der Waals surface area contributed by atoms with Gasteiger partial charge in [0.15, 0.2) is 0 Å². The van der Waals surface area contributed by atoms with Gasteiger partial charge in [-0.05, 0) is 6.92 Å². The summed E-state index contributed by atoms with van der Waals surface area (Å²) in [6.45, 7) is 1.64. The number of nitrogens with zero attached hydrogens (tertiary/aromatic N) is 2. The SMILES string of the molecule is CCn1cc(COS(=O)(=O)C(F)(F)F)cn1. The fourth-order valence-electron chi connectivity index (χ4n) is 0.866. The molecule has 92 valence electrons. The maximum atomic E-state index is 11.9. The summed E-state index contributed by atoms with van der Waals surface area (Å²) in [5.41, 5.74) is -5.14. The van der Waals surface area contributed by atoms with Gasteiger partial charge < -0.3 is 0 Å². The second kappa shape index (κ2) is 4.42. The van der Waals surface area contributed by atoms with Gasteiger partial charge in [0.2, 0.25) is 0 Å². The molecule has 1 heterocycles. The molecule has 0 aliphatic carbocycles. The van der Waals surface area contributed by atoms with E-state index in [1.165, 1.54) is 17.1 Å². The molecule has 16 heavy (non-hydrogen) atoms. The van der Waals surface area contributed by atoms with Crippen LogP contribution in [0.2, 0.25) is 0 Å². The molecular weight excluding hydrogens is 249 g/mol. The highest BCUT2D eigenvalue weighted by Gasteiger charge is 2.47. The van der Waals surface area contributed by atoms with Crippen molar-refractivity contribution < 1.29 is 25.8 Å². The summed E-state index contributed by atoms with van der Waals surface area (Å²) in [5.74, 6) is 0. The number of alkyl halides is 3. The topological polar surface area (TPSA) is 61.2 Å². The van der Waals surface area contributed by atoms with E-state index in [1.807, 2.05) is 0 Å². The van der Waals surface area contributed by atoms with Gasteiger partial charge in [-0.2, -0.15) is 26.7 Å². The lowest BCUT2D eigenvalue weighted by Gasteiger charge is -2.06. The molecule has 0 radical (unpaired) electrons. The Morgan fingerprint density at radius 2 is 2.12 bits per heavy atom. The highest BCUT2D eigenvalue weighted by Crippen LogP contribution is 2.25. The molecule has 0 spiro atoms. The molecule has 0 amide bonds. The molecule has 0 aliphatic rings.